The molecule has 2 aliphatic rings. The van der Waals surface area contributed by atoms with E-state index in [0.29, 0.717) is 42.3 Å². The molecule has 0 spiro atoms. The molecule has 0 bridgehead atoms. The van der Waals surface area contributed by atoms with Crippen LogP contribution in [-0.2, 0) is 15.7 Å². The summed E-state index contributed by atoms with van der Waals surface area (Å²) in [6, 6.07) is 3.97. The Morgan fingerprint density at radius 3 is 2.62 bits per heavy atom. The number of fused-ring (bicyclic) bond motifs is 1. The molecule has 1 N–H and O–H groups in total. The summed E-state index contributed by atoms with van der Waals surface area (Å²) in [6.07, 6.45) is -1.65. The van der Waals surface area contributed by atoms with Crippen molar-refractivity contribution in [3.05, 3.63) is 29.5 Å². The largest absolute Gasteiger partial charge is 0.489 e. The Kier molecular flexibility index (Phi) is 7.93. The molecule has 4 heterocycles. The Labute approximate surface area is 216 Å². The summed E-state index contributed by atoms with van der Waals surface area (Å²) in [5, 5.41) is 4.65. The fourth-order valence-corrected chi connectivity index (χ4v) is 5.21. The topological polar surface area (TPSA) is 84.9 Å². The molecule has 2 aliphatic heterocycles. The Morgan fingerprint density at radius 2 is 1.92 bits per heavy atom. The highest BCUT2D eigenvalue weighted by Crippen LogP contribution is 2.38. The molecular formula is C24H29F3N6O3S. The lowest BCUT2D eigenvalue weighted by Crippen LogP contribution is -2.47. The third-order valence-electron chi connectivity index (χ3n) is 6.52. The first-order valence-electron chi connectivity index (χ1n) is 12.2. The summed E-state index contributed by atoms with van der Waals surface area (Å²) < 4.78 is 56.4. The number of methoxy groups -OCH3 is 1. The Balaban J connectivity index is 1.46. The molecule has 0 atom stereocenters. The molecule has 13 heteroatoms. The van der Waals surface area contributed by atoms with E-state index in [2.05, 4.69) is 30.1 Å². The summed E-state index contributed by atoms with van der Waals surface area (Å²) in [7, 11) is 1.71. The Morgan fingerprint density at radius 1 is 1.14 bits per heavy atom. The highest BCUT2D eigenvalue weighted by Gasteiger charge is 2.34. The highest BCUT2D eigenvalue weighted by molar-refractivity contribution is 7.13. The highest BCUT2D eigenvalue weighted by atomic mass is 32.1. The second kappa shape index (κ2) is 11.3. The first-order valence-corrected chi connectivity index (χ1v) is 13.1. The average Bonchev–Trinajstić information content (AvgIpc) is 3.38. The summed E-state index contributed by atoms with van der Waals surface area (Å²) in [5.74, 6) is 0.947. The van der Waals surface area contributed by atoms with Crippen LogP contribution in [0.1, 0.15) is 18.5 Å². The van der Waals surface area contributed by atoms with Gasteiger partial charge in [0.05, 0.1) is 30.7 Å². The third kappa shape index (κ3) is 6.22. The minimum absolute atomic E-state index is 0.0390. The quantitative estimate of drug-likeness (QED) is 0.454. The SMILES string of the molecule is COCCN1CCN(c2cc(OC3CCOCC3)c3c(Nc4nc(C(F)(F)F)cs4)ncnc3c2)CC1. The zero-order valence-electron chi connectivity index (χ0n) is 20.5. The van der Waals surface area contributed by atoms with Crippen LogP contribution >= 0.6 is 11.3 Å². The third-order valence-corrected chi connectivity index (χ3v) is 7.28. The van der Waals surface area contributed by atoms with E-state index in [4.69, 9.17) is 14.2 Å². The van der Waals surface area contributed by atoms with E-state index in [1.165, 1.54) is 6.33 Å². The summed E-state index contributed by atoms with van der Waals surface area (Å²) >= 11 is 0.871. The lowest BCUT2D eigenvalue weighted by atomic mass is 10.1. The van der Waals surface area contributed by atoms with Crippen molar-refractivity contribution < 1.29 is 27.4 Å². The van der Waals surface area contributed by atoms with Crippen LogP contribution in [0.5, 0.6) is 5.75 Å². The van der Waals surface area contributed by atoms with E-state index < -0.39 is 11.9 Å². The second-order valence-corrected chi connectivity index (χ2v) is 9.83. The summed E-state index contributed by atoms with van der Waals surface area (Å²) in [4.78, 5) is 17.2. The molecule has 200 valence electrons. The van der Waals surface area contributed by atoms with E-state index in [1.54, 1.807) is 7.11 Å². The average molecular weight is 539 g/mol. The monoisotopic (exact) mass is 538 g/mol. The Hall–Kier alpha value is -2.74. The number of benzene rings is 1. The van der Waals surface area contributed by atoms with Crippen LogP contribution in [0.15, 0.2) is 23.8 Å². The molecule has 37 heavy (non-hydrogen) atoms. The Bertz CT molecular complexity index is 1200. The van der Waals surface area contributed by atoms with Gasteiger partial charge in [0, 0.05) is 69.8 Å². The van der Waals surface area contributed by atoms with Crippen LogP contribution < -0.4 is 15.0 Å². The fourth-order valence-electron chi connectivity index (χ4n) is 4.50. The van der Waals surface area contributed by atoms with Gasteiger partial charge in [-0.3, -0.25) is 4.90 Å². The fraction of sp³-hybridized carbons (Fsp3) is 0.542. The lowest BCUT2D eigenvalue weighted by molar-refractivity contribution is -0.140. The van der Waals surface area contributed by atoms with Gasteiger partial charge in [-0.15, -0.1) is 11.3 Å². The number of rotatable bonds is 8. The number of hydrogen-bond acceptors (Lipinski definition) is 10. The van der Waals surface area contributed by atoms with Gasteiger partial charge in [0.1, 0.15) is 24.0 Å². The molecule has 0 aliphatic carbocycles. The summed E-state index contributed by atoms with van der Waals surface area (Å²) in [6.45, 7) is 6.37. The van der Waals surface area contributed by atoms with Gasteiger partial charge in [-0.05, 0) is 6.07 Å². The molecule has 2 saturated heterocycles. The molecule has 2 aromatic heterocycles. The lowest BCUT2D eigenvalue weighted by Gasteiger charge is -2.36. The van der Waals surface area contributed by atoms with Crippen LogP contribution in [0.25, 0.3) is 10.9 Å². The number of nitrogens with one attached hydrogen (secondary N) is 1. The predicted octanol–water partition coefficient (Wildman–Crippen LogP) is 4.17. The normalized spacial score (nSPS) is 17.9. The maximum atomic E-state index is 13.1. The van der Waals surface area contributed by atoms with Crippen LogP contribution in [0.4, 0.5) is 29.8 Å². The number of anilines is 3. The molecule has 0 radical (unpaired) electrons. The van der Waals surface area contributed by atoms with Crippen LogP contribution in [0.3, 0.4) is 0 Å². The molecule has 5 rings (SSSR count). The van der Waals surface area contributed by atoms with Crippen molar-refractivity contribution >= 4 is 38.9 Å². The standard InChI is InChI=1S/C24H29F3N6O3S/c1-34-11-8-32-4-6-33(7-5-32)16-12-18-21(19(13-16)36-17-2-9-35-10-3-17)22(29-15-28-18)31-23-30-20(14-37-23)24(25,26)27/h12-15,17H,2-11H2,1H3,(H,28,29,30,31). The zero-order chi connectivity index (χ0) is 25.8. The van der Waals surface area contributed by atoms with Gasteiger partial charge in [0.15, 0.2) is 10.8 Å². The van der Waals surface area contributed by atoms with E-state index in [-0.39, 0.29) is 11.2 Å². The molecule has 0 saturated carbocycles. The van der Waals surface area contributed by atoms with Gasteiger partial charge in [-0.1, -0.05) is 0 Å². The van der Waals surface area contributed by atoms with Crippen molar-refractivity contribution in [2.45, 2.75) is 25.1 Å². The number of aromatic nitrogens is 3. The second-order valence-electron chi connectivity index (χ2n) is 8.97. The van der Waals surface area contributed by atoms with Crippen LogP contribution in [-0.4, -0.2) is 85.6 Å². The van der Waals surface area contributed by atoms with Crippen molar-refractivity contribution in [1.82, 2.24) is 19.9 Å². The van der Waals surface area contributed by atoms with Crippen LogP contribution in [0, 0.1) is 0 Å². The van der Waals surface area contributed by atoms with Crippen molar-refractivity contribution in [3.63, 3.8) is 0 Å². The van der Waals surface area contributed by atoms with Gasteiger partial charge >= 0.3 is 6.18 Å². The molecular weight excluding hydrogens is 509 g/mol. The first-order chi connectivity index (χ1) is 17.9. The number of ether oxygens (including phenoxy) is 3. The van der Waals surface area contributed by atoms with E-state index in [0.717, 1.165) is 68.0 Å². The van der Waals surface area contributed by atoms with Gasteiger partial charge in [-0.25, -0.2) is 15.0 Å². The molecule has 9 nitrogen and oxygen atoms in total. The minimum atomic E-state index is -4.51. The number of alkyl halides is 3. The predicted molar refractivity (Wildman–Crippen MR) is 135 cm³/mol. The van der Waals surface area contributed by atoms with Crippen molar-refractivity contribution in [1.29, 1.82) is 0 Å². The maximum Gasteiger partial charge on any atom is 0.434 e. The maximum absolute atomic E-state index is 13.1. The van der Waals surface area contributed by atoms with E-state index >= 15 is 0 Å². The van der Waals surface area contributed by atoms with Gasteiger partial charge in [-0.2, -0.15) is 13.2 Å². The van der Waals surface area contributed by atoms with E-state index in [9.17, 15) is 13.2 Å². The molecule has 0 amide bonds. The minimum Gasteiger partial charge on any atom is -0.489 e. The van der Waals surface area contributed by atoms with Crippen molar-refractivity contribution in [2.24, 2.45) is 0 Å². The molecule has 3 aromatic rings. The number of thiazole rings is 1. The number of halogens is 3. The van der Waals surface area contributed by atoms with Gasteiger partial charge < -0.3 is 24.4 Å². The van der Waals surface area contributed by atoms with Gasteiger partial charge in [0.25, 0.3) is 0 Å². The smallest absolute Gasteiger partial charge is 0.434 e. The number of piperazine rings is 1. The summed E-state index contributed by atoms with van der Waals surface area (Å²) in [5.41, 5.74) is 0.689. The van der Waals surface area contributed by atoms with Crippen molar-refractivity contribution in [2.75, 3.05) is 69.9 Å². The van der Waals surface area contributed by atoms with E-state index in [1.807, 2.05) is 12.1 Å². The number of nitrogens with zero attached hydrogens (tertiary/aromatic N) is 5. The van der Waals surface area contributed by atoms with Crippen LogP contribution in [0.2, 0.25) is 0 Å². The molecule has 2 fully saturated rings. The molecule has 0 unspecified atom stereocenters. The van der Waals surface area contributed by atoms with Gasteiger partial charge in [0.2, 0.25) is 0 Å². The first kappa shape index (κ1) is 25.9. The zero-order valence-corrected chi connectivity index (χ0v) is 21.3. The van der Waals surface area contributed by atoms with Crippen molar-refractivity contribution in [3.8, 4) is 5.75 Å². The number of hydrogen-bond donors (Lipinski definition) is 1. The molecule has 1 aromatic carbocycles.